The number of nitrogens with zero attached hydrogens (tertiary/aromatic N) is 2. The number of hydrogen-bond acceptors (Lipinski definition) is 4. The van der Waals surface area contributed by atoms with E-state index in [0.29, 0.717) is 5.92 Å². The molecular formula is C17H25N3S. The van der Waals surface area contributed by atoms with E-state index in [1.807, 2.05) is 7.05 Å². The maximum atomic E-state index is 4.91. The first kappa shape index (κ1) is 14.8. The van der Waals surface area contributed by atoms with Crippen molar-refractivity contribution in [2.75, 3.05) is 12.4 Å². The van der Waals surface area contributed by atoms with Crippen LogP contribution in [0.3, 0.4) is 0 Å². The maximum absolute atomic E-state index is 4.91. The van der Waals surface area contributed by atoms with Gasteiger partial charge in [-0.15, -0.1) is 11.3 Å². The average molecular weight is 303 g/mol. The molecule has 114 valence electrons. The fourth-order valence-corrected chi connectivity index (χ4v) is 4.49. The quantitative estimate of drug-likeness (QED) is 0.863. The highest BCUT2D eigenvalue weighted by molar-refractivity contribution is 7.18. The monoisotopic (exact) mass is 303 g/mol. The number of thiophene rings is 1. The molecule has 1 aliphatic rings. The van der Waals surface area contributed by atoms with Crippen molar-refractivity contribution in [3.63, 3.8) is 0 Å². The van der Waals surface area contributed by atoms with Crippen molar-refractivity contribution in [1.82, 2.24) is 9.97 Å². The third kappa shape index (κ3) is 2.66. The highest BCUT2D eigenvalue weighted by Gasteiger charge is 2.25. The van der Waals surface area contributed by atoms with Crippen molar-refractivity contribution in [3.8, 4) is 0 Å². The van der Waals surface area contributed by atoms with Crippen LogP contribution in [0.1, 0.15) is 61.2 Å². The lowest BCUT2D eigenvalue weighted by Crippen LogP contribution is -2.15. The van der Waals surface area contributed by atoms with Crippen molar-refractivity contribution in [2.24, 2.45) is 5.92 Å². The molecule has 0 unspecified atom stereocenters. The molecule has 1 N–H and O–H groups in total. The molecule has 2 heterocycles. The standard InChI is InChI=1S/C17H25N3S/c1-5-12-6-8-13(9-7-12)15-19-16(18-4)14-10(2)11(3)21-17(14)20-15/h12-13H,5-9H2,1-4H3,(H,18,19,20). The van der Waals surface area contributed by atoms with Gasteiger partial charge in [-0.2, -0.15) is 0 Å². The molecule has 1 fully saturated rings. The number of rotatable bonds is 3. The van der Waals surface area contributed by atoms with E-state index < -0.39 is 0 Å². The fraction of sp³-hybridized carbons (Fsp3) is 0.647. The third-order valence-corrected chi connectivity index (χ3v) is 6.17. The van der Waals surface area contributed by atoms with Crippen LogP contribution in [0.5, 0.6) is 0 Å². The zero-order valence-electron chi connectivity index (χ0n) is 13.5. The SMILES string of the molecule is CCC1CCC(c2nc(NC)c3c(C)c(C)sc3n2)CC1. The minimum absolute atomic E-state index is 0.548. The second kappa shape index (κ2) is 5.91. The zero-order chi connectivity index (χ0) is 15.0. The predicted molar refractivity (Wildman–Crippen MR) is 91.4 cm³/mol. The van der Waals surface area contributed by atoms with Crippen LogP contribution in [0.2, 0.25) is 0 Å². The molecule has 0 amide bonds. The Hall–Kier alpha value is -1.16. The topological polar surface area (TPSA) is 37.8 Å². The van der Waals surface area contributed by atoms with Gasteiger partial charge in [-0.05, 0) is 51.0 Å². The van der Waals surface area contributed by atoms with Gasteiger partial charge < -0.3 is 5.32 Å². The Labute approximate surface area is 131 Å². The first-order valence-corrected chi connectivity index (χ1v) is 8.91. The molecule has 4 heteroatoms. The number of nitrogens with one attached hydrogen (secondary N) is 1. The van der Waals surface area contributed by atoms with Crippen LogP contribution in [-0.4, -0.2) is 17.0 Å². The van der Waals surface area contributed by atoms with Gasteiger partial charge in [-0.25, -0.2) is 9.97 Å². The van der Waals surface area contributed by atoms with E-state index in [9.17, 15) is 0 Å². The number of aromatic nitrogens is 2. The van der Waals surface area contributed by atoms with E-state index in [-0.39, 0.29) is 0 Å². The van der Waals surface area contributed by atoms with Gasteiger partial charge >= 0.3 is 0 Å². The molecule has 0 spiro atoms. The molecule has 0 saturated heterocycles. The molecule has 1 aliphatic carbocycles. The molecular weight excluding hydrogens is 278 g/mol. The highest BCUT2D eigenvalue weighted by Crippen LogP contribution is 2.39. The molecule has 3 rings (SSSR count). The number of fused-ring (bicyclic) bond motifs is 1. The van der Waals surface area contributed by atoms with Crippen molar-refractivity contribution in [3.05, 3.63) is 16.3 Å². The lowest BCUT2D eigenvalue weighted by atomic mass is 9.80. The van der Waals surface area contributed by atoms with Crippen LogP contribution >= 0.6 is 11.3 Å². The van der Waals surface area contributed by atoms with E-state index in [4.69, 9.17) is 9.97 Å². The van der Waals surface area contributed by atoms with E-state index >= 15 is 0 Å². The van der Waals surface area contributed by atoms with Crippen LogP contribution in [0, 0.1) is 19.8 Å². The smallest absolute Gasteiger partial charge is 0.138 e. The van der Waals surface area contributed by atoms with Crippen LogP contribution in [0.4, 0.5) is 5.82 Å². The summed E-state index contributed by atoms with van der Waals surface area (Å²) in [5.74, 6) is 3.53. The summed E-state index contributed by atoms with van der Waals surface area (Å²) >= 11 is 1.80. The number of hydrogen-bond donors (Lipinski definition) is 1. The molecule has 2 aromatic rings. The van der Waals surface area contributed by atoms with Gasteiger partial charge in [0.05, 0.1) is 5.39 Å². The molecule has 0 bridgehead atoms. The van der Waals surface area contributed by atoms with Gasteiger partial charge in [-0.3, -0.25) is 0 Å². The summed E-state index contributed by atoms with van der Waals surface area (Å²) in [4.78, 5) is 12.3. The molecule has 0 atom stereocenters. The summed E-state index contributed by atoms with van der Waals surface area (Å²) in [5, 5.41) is 4.49. The first-order valence-electron chi connectivity index (χ1n) is 8.09. The fourth-order valence-electron chi connectivity index (χ4n) is 3.46. The van der Waals surface area contributed by atoms with E-state index in [2.05, 4.69) is 26.1 Å². The Kier molecular flexibility index (Phi) is 4.16. The summed E-state index contributed by atoms with van der Waals surface area (Å²) in [6.07, 6.45) is 6.48. The number of aryl methyl sites for hydroxylation is 2. The Morgan fingerprint density at radius 1 is 1.14 bits per heavy atom. The largest absolute Gasteiger partial charge is 0.372 e. The minimum atomic E-state index is 0.548. The zero-order valence-corrected chi connectivity index (χ0v) is 14.3. The first-order chi connectivity index (χ1) is 10.1. The van der Waals surface area contributed by atoms with Gasteiger partial charge in [-0.1, -0.05) is 13.3 Å². The lowest BCUT2D eigenvalue weighted by Gasteiger charge is -2.27. The van der Waals surface area contributed by atoms with E-state index in [0.717, 1.165) is 22.4 Å². The Morgan fingerprint density at radius 3 is 2.48 bits per heavy atom. The Balaban J connectivity index is 1.97. The second-order valence-electron chi connectivity index (χ2n) is 6.27. The molecule has 0 radical (unpaired) electrons. The van der Waals surface area contributed by atoms with Crippen molar-refractivity contribution < 1.29 is 0 Å². The molecule has 1 saturated carbocycles. The van der Waals surface area contributed by atoms with Gasteiger partial charge in [0.15, 0.2) is 0 Å². The molecule has 3 nitrogen and oxygen atoms in total. The van der Waals surface area contributed by atoms with Crippen molar-refractivity contribution in [2.45, 2.75) is 58.8 Å². The second-order valence-corrected chi connectivity index (χ2v) is 7.47. The van der Waals surface area contributed by atoms with Crippen LogP contribution < -0.4 is 5.32 Å². The van der Waals surface area contributed by atoms with E-state index in [1.165, 1.54) is 47.9 Å². The highest BCUT2D eigenvalue weighted by atomic mass is 32.1. The van der Waals surface area contributed by atoms with Crippen LogP contribution in [-0.2, 0) is 0 Å². The Bertz CT molecular complexity index is 639. The van der Waals surface area contributed by atoms with Gasteiger partial charge in [0, 0.05) is 17.8 Å². The minimum Gasteiger partial charge on any atom is -0.372 e. The maximum Gasteiger partial charge on any atom is 0.138 e. The molecule has 0 aromatic carbocycles. The third-order valence-electron chi connectivity index (χ3n) is 5.07. The molecule has 2 aromatic heterocycles. The Morgan fingerprint density at radius 2 is 1.86 bits per heavy atom. The summed E-state index contributed by atoms with van der Waals surface area (Å²) in [7, 11) is 1.96. The van der Waals surface area contributed by atoms with Crippen LogP contribution in [0.25, 0.3) is 10.2 Å². The van der Waals surface area contributed by atoms with Crippen molar-refractivity contribution >= 4 is 27.4 Å². The van der Waals surface area contributed by atoms with Gasteiger partial charge in [0.1, 0.15) is 16.5 Å². The summed E-state index contributed by atoms with van der Waals surface area (Å²) in [6, 6.07) is 0. The summed E-state index contributed by atoms with van der Waals surface area (Å²) in [5.41, 5.74) is 1.32. The lowest BCUT2D eigenvalue weighted by molar-refractivity contribution is 0.312. The van der Waals surface area contributed by atoms with Gasteiger partial charge in [0.2, 0.25) is 0 Å². The predicted octanol–water partition coefficient (Wildman–Crippen LogP) is 5.03. The summed E-state index contributed by atoms with van der Waals surface area (Å²) < 4.78 is 0. The van der Waals surface area contributed by atoms with Gasteiger partial charge in [0.25, 0.3) is 0 Å². The molecule has 0 aliphatic heterocycles. The molecule has 21 heavy (non-hydrogen) atoms. The van der Waals surface area contributed by atoms with Crippen molar-refractivity contribution in [1.29, 1.82) is 0 Å². The van der Waals surface area contributed by atoms with Crippen LogP contribution in [0.15, 0.2) is 0 Å². The summed E-state index contributed by atoms with van der Waals surface area (Å²) in [6.45, 7) is 6.65. The normalized spacial score (nSPS) is 22.7. The average Bonchev–Trinajstić information content (AvgIpc) is 2.81. The van der Waals surface area contributed by atoms with E-state index in [1.54, 1.807) is 11.3 Å². The number of anilines is 1.